The zero-order chi connectivity index (χ0) is 21.8. The highest BCUT2D eigenvalue weighted by Gasteiger charge is 2.18. The summed E-state index contributed by atoms with van der Waals surface area (Å²) in [6.07, 6.45) is 3.18. The molecule has 1 aromatic carbocycles. The van der Waals surface area contributed by atoms with Gasteiger partial charge in [-0.05, 0) is 51.8 Å². The number of carbonyl (C=O) groups excluding carboxylic acids is 2. The maximum atomic E-state index is 12.6. The first-order valence-corrected chi connectivity index (χ1v) is 10.4. The predicted octanol–water partition coefficient (Wildman–Crippen LogP) is 5.12. The maximum absolute atomic E-state index is 12.6. The van der Waals surface area contributed by atoms with Gasteiger partial charge in [0, 0.05) is 23.1 Å². The van der Waals surface area contributed by atoms with Crippen molar-refractivity contribution in [2.24, 2.45) is 0 Å². The van der Waals surface area contributed by atoms with Crippen LogP contribution >= 0.6 is 11.3 Å². The van der Waals surface area contributed by atoms with E-state index in [4.69, 9.17) is 13.9 Å². The molecule has 0 saturated carbocycles. The summed E-state index contributed by atoms with van der Waals surface area (Å²) in [5, 5.41) is 4.03. The Morgan fingerprint density at radius 2 is 2.00 bits per heavy atom. The normalized spacial score (nSPS) is 11.6. The number of aryl methyl sites for hydroxylation is 2. The molecular weight excluding hydrogens is 404 g/mol. The van der Waals surface area contributed by atoms with Crippen LogP contribution in [0.2, 0.25) is 0 Å². The van der Waals surface area contributed by atoms with E-state index in [2.05, 4.69) is 10.3 Å². The van der Waals surface area contributed by atoms with E-state index in [1.165, 1.54) is 6.08 Å². The van der Waals surface area contributed by atoms with E-state index in [0.29, 0.717) is 28.1 Å². The molecule has 0 aliphatic rings. The standard InChI is InChI=1S/C22H24N2O5S/c1-6-27-17-10-18-16(13(4)11-29-18)9-15(17)12(3)8-19(25)24-22-23-14(5)20(30-22)21(26)28-7-2/h8-11H,6-7H2,1-5H3,(H,23,24,25)/b12-8+. The fraction of sp³-hybridized carbons (Fsp3) is 0.318. The van der Waals surface area contributed by atoms with Crippen molar-refractivity contribution in [2.45, 2.75) is 34.6 Å². The van der Waals surface area contributed by atoms with Gasteiger partial charge in [0.15, 0.2) is 5.13 Å². The number of nitrogens with zero attached hydrogens (tertiary/aromatic N) is 1. The first kappa shape index (κ1) is 21.6. The van der Waals surface area contributed by atoms with Gasteiger partial charge in [-0.3, -0.25) is 10.1 Å². The third-order valence-electron chi connectivity index (χ3n) is 4.43. The molecule has 0 saturated heterocycles. The Balaban J connectivity index is 1.85. The molecule has 0 spiro atoms. The fourth-order valence-corrected chi connectivity index (χ4v) is 3.88. The van der Waals surface area contributed by atoms with Gasteiger partial charge in [-0.2, -0.15) is 0 Å². The lowest BCUT2D eigenvalue weighted by atomic mass is 10.0. The summed E-state index contributed by atoms with van der Waals surface area (Å²) in [4.78, 5) is 29.1. The number of benzene rings is 1. The third-order valence-corrected chi connectivity index (χ3v) is 5.48. The lowest BCUT2D eigenvalue weighted by Crippen LogP contribution is -2.08. The van der Waals surface area contributed by atoms with E-state index >= 15 is 0 Å². The lowest BCUT2D eigenvalue weighted by Gasteiger charge is -2.11. The van der Waals surface area contributed by atoms with Crippen LogP contribution in [0.15, 0.2) is 28.9 Å². The van der Waals surface area contributed by atoms with Gasteiger partial charge < -0.3 is 13.9 Å². The third kappa shape index (κ3) is 4.54. The van der Waals surface area contributed by atoms with Crippen LogP contribution in [0.25, 0.3) is 16.5 Å². The van der Waals surface area contributed by atoms with Gasteiger partial charge in [-0.15, -0.1) is 0 Å². The Labute approximate surface area is 178 Å². The van der Waals surface area contributed by atoms with Crippen molar-refractivity contribution in [3.05, 3.63) is 46.2 Å². The molecule has 2 aromatic heterocycles. The van der Waals surface area contributed by atoms with Crippen molar-refractivity contribution in [3.63, 3.8) is 0 Å². The fourth-order valence-electron chi connectivity index (χ4n) is 3.02. The quantitative estimate of drug-likeness (QED) is 0.415. The number of anilines is 1. The lowest BCUT2D eigenvalue weighted by molar-refractivity contribution is -0.111. The largest absolute Gasteiger partial charge is 0.493 e. The molecule has 8 heteroatoms. The molecule has 2 heterocycles. The van der Waals surface area contributed by atoms with Gasteiger partial charge >= 0.3 is 5.97 Å². The molecule has 30 heavy (non-hydrogen) atoms. The molecule has 1 amide bonds. The Morgan fingerprint density at radius 3 is 2.70 bits per heavy atom. The number of carbonyl (C=O) groups is 2. The molecule has 0 radical (unpaired) electrons. The summed E-state index contributed by atoms with van der Waals surface area (Å²) in [6, 6.07) is 3.80. The number of hydrogen-bond acceptors (Lipinski definition) is 7. The predicted molar refractivity (Wildman–Crippen MR) is 117 cm³/mol. The average Bonchev–Trinajstić information content (AvgIpc) is 3.23. The maximum Gasteiger partial charge on any atom is 0.350 e. The van der Waals surface area contributed by atoms with Crippen molar-refractivity contribution in [3.8, 4) is 5.75 Å². The van der Waals surface area contributed by atoms with Gasteiger partial charge in [0.25, 0.3) is 0 Å². The zero-order valence-electron chi connectivity index (χ0n) is 17.6. The number of rotatable bonds is 7. The number of hydrogen-bond donors (Lipinski definition) is 1. The van der Waals surface area contributed by atoms with Gasteiger partial charge in [0.05, 0.1) is 25.2 Å². The molecular formula is C22H24N2O5S. The molecule has 158 valence electrons. The number of thiazole rings is 1. The van der Waals surface area contributed by atoms with Crippen LogP contribution in [-0.4, -0.2) is 30.1 Å². The van der Waals surface area contributed by atoms with Gasteiger partial charge in [-0.25, -0.2) is 9.78 Å². The first-order chi connectivity index (χ1) is 14.3. The van der Waals surface area contributed by atoms with Crippen LogP contribution < -0.4 is 10.1 Å². The highest BCUT2D eigenvalue weighted by Crippen LogP contribution is 2.33. The number of fused-ring (bicyclic) bond motifs is 1. The van der Waals surface area contributed by atoms with Gasteiger partial charge in [-0.1, -0.05) is 11.3 Å². The molecule has 3 rings (SSSR count). The summed E-state index contributed by atoms with van der Waals surface area (Å²) in [7, 11) is 0. The summed E-state index contributed by atoms with van der Waals surface area (Å²) in [5.74, 6) is -0.136. The first-order valence-electron chi connectivity index (χ1n) is 9.62. The number of aromatic nitrogens is 1. The van der Waals surface area contributed by atoms with Crippen LogP contribution in [0.4, 0.5) is 5.13 Å². The number of esters is 1. The monoisotopic (exact) mass is 428 g/mol. The van der Waals surface area contributed by atoms with Gasteiger partial charge in [0.1, 0.15) is 16.2 Å². The molecule has 0 fully saturated rings. The minimum Gasteiger partial charge on any atom is -0.493 e. The molecule has 1 N–H and O–H groups in total. The summed E-state index contributed by atoms with van der Waals surface area (Å²) in [5.41, 5.74) is 3.82. The number of nitrogens with one attached hydrogen (secondary N) is 1. The minimum atomic E-state index is -0.440. The molecule has 0 bridgehead atoms. The van der Waals surface area contributed by atoms with Crippen molar-refractivity contribution >= 4 is 44.9 Å². The second-order valence-corrected chi connectivity index (χ2v) is 7.67. The van der Waals surface area contributed by atoms with Crippen LogP contribution in [0.5, 0.6) is 5.75 Å². The van der Waals surface area contributed by atoms with E-state index in [1.807, 2.05) is 32.9 Å². The number of furan rings is 1. The molecule has 0 atom stereocenters. The van der Waals surface area contributed by atoms with Crippen molar-refractivity contribution in [1.82, 2.24) is 4.98 Å². The van der Waals surface area contributed by atoms with Crippen LogP contribution in [-0.2, 0) is 9.53 Å². The number of amides is 1. The summed E-state index contributed by atoms with van der Waals surface area (Å²) >= 11 is 1.09. The Bertz CT molecular complexity index is 1130. The SMILES string of the molecule is CCOC(=O)c1sc(NC(=O)/C=C(\C)c2cc3c(C)coc3cc2OCC)nc1C. The van der Waals surface area contributed by atoms with E-state index in [9.17, 15) is 9.59 Å². The second kappa shape index (κ2) is 9.13. The summed E-state index contributed by atoms with van der Waals surface area (Å²) in [6.45, 7) is 9.93. The number of allylic oxidation sites excluding steroid dienone is 1. The molecule has 3 aromatic rings. The van der Waals surface area contributed by atoms with Crippen molar-refractivity contribution < 1.29 is 23.5 Å². The Hall–Kier alpha value is -3.13. The van der Waals surface area contributed by atoms with Crippen LogP contribution in [0.3, 0.4) is 0 Å². The Morgan fingerprint density at radius 1 is 1.23 bits per heavy atom. The van der Waals surface area contributed by atoms with Gasteiger partial charge in [0.2, 0.25) is 5.91 Å². The van der Waals surface area contributed by atoms with Crippen molar-refractivity contribution in [1.29, 1.82) is 0 Å². The average molecular weight is 429 g/mol. The smallest absolute Gasteiger partial charge is 0.350 e. The van der Waals surface area contributed by atoms with Crippen molar-refractivity contribution in [2.75, 3.05) is 18.5 Å². The molecule has 7 nitrogen and oxygen atoms in total. The Kier molecular flexibility index (Phi) is 6.56. The number of ether oxygens (including phenoxy) is 2. The highest BCUT2D eigenvalue weighted by molar-refractivity contribution is 7.17. The highest BCUT2D eigenvalue weighted by atomic mass is 32.1. The van der Waals surface area contributed by atoms with E-state index in [0.717, 1.165) is 39.0 Å². The second-order valence-electron chi connectivity index (χ2n) is 6.67. The summed E-state index contributed by atoms with van der Waals surface area (Å²) < 4.78 is 16.3. The zero-order valence-corrected chi connectivity index (χ0v) is 18.4. The molecule has 0 aliphatic heterocycles. The molecule has 0 unspecified atom stereocenters. The molecule has 0 aliphatic carbocycles. The topological polar surface area (TPSA) is 90.7 Å². The van der Waals surface area contributed by atoms with Crippen LogP contribution in [0, 0.1) is 13.8 Å². The van der Waals surface area contributed by atoms with E-state index in [1.54, 1.807) is 20.1 Å². The van der Waals surface area contributed by atoms with Crippen LogP contribution in [0.1, 0.15) is 47.3 Å². The minimum absolute atomic E-state index is 0.280. The van der Waals surface area contributed by atoms with E-state index in [-0.39, 0.29) is 12.5 Å². The van der Waals surface area contributed by atoms with E-state index < -0.39 is 5.97 Å².